The maximum absolute atomic E-state index is 12.5. The van der Waals surface area contributed by atoms with Crippen molar-refractivity contribution in [3.63, 3.8) is 0 Å². The lowest BCUT2D eigenvalue weighted by Crippen LogP contribution is -2.38. The van der Waals surface area contributed by atoms with E-state index in [1.54, 1.807) is 42.5 Å². The molecule has 0 radical (unpaired) electrons. The zero-order chi connectivity index (χ0) is 19.3. The second-order valence-corrected chi connectivity index (χ2v) is 6.62. The van der Waals surface area contributed by atoms with Crippen molar-refractivity contribution < 1.29 is 13.9 Å². The molecule has 0 amide bonds. The van der Waals surface area contributed by atoms with Crippen molar-refractivity contribution in [3.05, 3.63) is 64.3 Å². The smallest absolute Gasteiger partial charge is 0.193 e. The molecule has 6 nitrogen and oxygen atoms in total. The van der Waals surface area contributed by atoms with Gasteiger partial charge in [0.25, 0.3) is 0 Å². The zero-order valence-electron chi connectivity index (χ0n) is 15.4. The highest BCUT2D eigenvalue weighted by atomic mass is 16.5. The van der Waals surface area contributed by atoms with Gasteiger partial charge in [-0.15, -0.1) is 0 Å². The zero-order valence-corrected chi connectivity index (χ0v) is 15.4. The van der Waals surface area contributed by atoms with E-state index in [1.165, 1.54) is 6.07 Å². The van der Waals surface area contributed by atoms with Gasteiger partial charge in [0.15, 0.2) is 5.43 Å². The van der Waals surface area contributed by atoms with E-state index in [2.05, 4.69) is 11.0 Å². The third kappa shape index (κ3) is 4.06. The molecule has 0 saturated carbocycles. The maximum Gasteiger partial charge on any atom is 0.193 e. The molecular weight excluding hydrogens is 356 g/mol. The SMILES string of the molecule is N#Cc1ccc(-c2cc(=O)c3ccc(OCCN4CCOCC4)cc3o2)cc1. The van der Waals surface area contributed by atoms with E-state index < -0.39 is 0 Å². The Labute approximate surface area is 162 Å². The van der Waals surface area contributed by atoms with Crippen molar-refractivity contribution in [2.45, 2.75) is 0 Å². The molecule has 6 heteroatoms. The Bertz CT molecular complexity index is 1060. The van der Waals surface area contributed by atoms with Crippen molar-refractivity contribution >= 4 is 11.0 Å². The predicted octanol–water partition coefficient (Wildman–Crippen LogP) is 3.04. The number of hydrogen-bond acceptors (Lipinski definition) is 6. The van der Waals surface area contributed by atoms with Gasteiger partial charge in [0.1, 0.15) is 23.7 Å². The quantitative estimate of drug-likeness (QED) is 0.681. The van der Waals surface area contributed by atoms with Crippen LogP contribution < -0.4 is 10.2 Å². The molecule has 0 bridgehead atoms. The lowest BCUT2D eigenvalue weighted by molar-refractivity contribution is 0.0322. The van der Waals surface area contributed by atoms with Crippen molar-refractivity contribution in [1.82, 2.24) is 4.90 Å². The van der Waals surface area contributed by atoms with Crippen LogP contribution in [0.4, 0.5) is 0 Å². The fourth-order valence-corrected chi connectivity index (χ4v) is 3.19. The molecule has 2 aromatic carbocycles. The molecule has 142 valence electrons. The van der Waals surface area contributed by atoms with Crippen molar-refractivity contribution in [1.29, 1.82) is 5.26 Å². The summed E-state index contributed by atoms with van der Waals surface area (Å²) in [5, 5.41) is 9.43. The summed E-state index contributed by atoms with van der Waals surface area (Å²) in [5.74, 6) is 1.13. The van der Waals surface area contributed by atoms with Crippen LogP contribution in [0.2, 0.25) is 0 Å². The van der Waals surface area contributed by atoms with E-state index in [0.717, 1.165) is 38.4 Å². The molecule has 0 spiro atoms. The molecule has 0 N–H and O–H groups in total. The van der Waals surface area contributed by atoms with Crippen molar-refractivity contribution in [3.8, 4) is 23.1 Å². The lowest BCUT2D eigenvalue weighted by atomic mass is 10.1. The van der Waals surface area contributed by atoms with Gasteiger partial charge in [0, 0.05) is 37.3 Å². The second kappa shape index (κ2) is 8.26. The number of hydrogen-bond donors (Lipinski definition) is 0. The molecule has 2 heterocycles. The number of morpholine rings is 1. The molecule has 28 heavy (non-hydrogen) atoms. The first-order valence-electron chi connectivity index (χ1n) is 9.24. The Morgan fingerprint density at radius 2 is 1.86 bits per heavy atom. The first-order chi connectivity index (χ1) is 13.7. The summed E-state index contributed by atoms with van der Waals surface area (Å²) in [7, 11) is 0. The van der Waals surface area contributed by atoms with Gasteiger partial charge in [0.2, 0.25) is 0 Å². The standard InChI is InChI=1S/C22H20N2O4/c23-15-16-1-3-17(4-2-16)21-14-20(25)19-6-5-18(13-22(19)28-21)27-12-9-24-7-10-26-11-8-24/h1-6,13-14H,7-12H2. The normalized spacial score (nSPS) is 14.7. The van der Waals surface area contributed by atoms with Crippen LogP contribution >= 0.6 is 0 Å². The topological polar surface area (TPSA) is 75.7 Å². The average Bonchev–Trinajstić information content (AvgIpc) is 2.74. The van der Waals surface area contributed by atoms with Crippen LogP contribution in [-0.4, -0.2) is 44.4 Å². The predicted molar refractivity (Wildman–Crippen MR) is 105 cm³/mol. The van der Waals surface area contributed by atoms with Crippen molar-refractivity contribution in [2.75, 3.05) is 39.5 Å². The highest BCUT2D eigenvalue weighted by molar-refractivity contribution is 5.80. The fraction of sp³-hybridized carbons (Fsp3) is 0.273. The summed E-state index contributed by atoms with van der Waals surface area (Å²) in [6.45, 7) is 4.76. The maximum atomic E-state index is 12.5. The molecule has 1 aliphatic heterocycles. The van der Waals surface area contributed by atoms with Crippen LogP contribution in [0.15, 0.2) is 57.7 Å². The van der Waals surface area contributed by atoms with Gasteiger partial charge in [-0.1, -0.05) is 0 Å². The molecule has 1 aromatic heterocycles. The summed E-state index contributed by atoms with van der Waals surface area (Å²) in [4.78, 5) is 14.8. The minimum absolute atomic E-state index is 0.111. The number of nitriles is 1. The number of rotatable bonds is 5. The number of ether oxygens (including phenoxy) is 2. The number of benzene rings is 2. The van der Waals surface area contributed by atoms with Crippen LogP contribution in [0.5, 0.6) is 5.75 Å². The Morgan fingerprint density at radius 3 is 2.61 bits per heavy atom. The minimum Gasteiger partial charge on any atom is -0.492 e. The van der Waals surface area contributed by atoms with E-state index in [0.29, 0.717) is 34.6 Å². The average molecular weight is 376 g/mol. The molecule has 0 aliphatic carbocycles. The summed E-state index contributed by atoms with van der Waals surface area (Å²) >= 11 is 0. The van der Waals surface area contributed by atoms with E-state index in [9.17, 15) is 4.79 Å². The first kappa shape index (κ1) is 18.2. The third-order valence-electron chi connectivity index (χ3n) is 4.78. The summed E-state index contributed by atoms with van der Waals surface area (Å²) in [6, 6.07) is 15.8. The Kier molecular flexibility index (Phi) is 5.38. The van der Waals surface area contributed by atoms with Crippen LogP contribution in [-0.2, 0) is 4.74 Å². The molecule has 0 atom stereocenters. The largest absolute Gasteiger partial charge is 0.492 e. The highest BCUT2D eigenvalue weighted by Gasteiger charge is 2.11. The molecule has 4 rings (SSSR count). The molecule has 0 unspecified atom stereocenters. The van der Waals surface area contributed by atoms with Crippen LogP contribution in [0.1, 0.15) is 5.56 Å². The van der Waals surface area contributed by atoms with Crippen LogP contribution in [0, 0.1) is 11.3 Å². The summed E-state index contributed by atoms with van der Waals surface area (Å²) < 4.78 is 17.1. The van der Waals surface area contributed by atoms with Gasteiger partial charge in [-0.3, -0.25) is 9.69 Å². The van der Waals surface area contributed by atoms with Gasteiger partial charge in [-0.2, -0.15) is 5.26 Å². The molecule has 1 fully saturated rings. The third-order valence-corrected chi connectivity index (χ3v) is 4.78. The Hall–Kier alpha value is -3.14. The van der Waals surface area contributed by atoms with Gasteiger partial charge >= 0.3 is 0 Å². The summed E-state index contributed by atoms with van der Waals surface area (Å²) in [5.41, 5.74) is 1.68. The second-order valence-electron chi connectivity index (χ2n) is 6.62. The van der Waals surface area contributed by atoms with E-state index in [4.69, 9.17) is 19.2 Å². The van der Waals surface area contributed by atoms with Gasteiger partial charge in [-0.05, 0) is 36.4 Å². The minimum atomic E-state index is -0.111. The molecule has 1 aliphatic rings. The van der Waals surface area contributed by atoms with Crippen molar-refractivity contribution in [2.24, 2.45) is 0 Å². The van der Waals surface area contributed by atoms with Crippen LogP contribution in [0.3, 0.4) is 0 Å². The monoisotopic (exact) mass is 376 g/mol. The Morgan fingerprint density at radius 1 is 1.07 bits per heavy atom. The van der Waals surface area contributed by atoms with E-state index in [1.807, 2.05) is 0 Å². The van der Waals surface area contributed by atoms with E-state index >= 15 is 0 Å². The summed E-state index contributed by atoms with van der Waals surface area (Å²) in [6.07, 6.45) is 0. The van der Waals surface area contributed by atoms with E-state index in [-0.39, 0.29) is 5.43 Å². The first-order valence-corrected chi connectivity index (χ1v) is 9.24. The lowest BCUT2D eigenvalue weighted by Gasteiger charge is -2.26. The van der Waals surface area contributed by atoms with Gasteiger partial charge < -0.3 is 13.9 Å². The van der Waals surface area contributed by atoms with Gasteiger partial charge in [-0.25, -0.2) is 0 Å². The van der Waals surface area contributed by atoms with Crippen LogP contribution in [0.25, 0.3) is 22.3 Å². The number of fused-ring (bicyclic) bond motifs is 1. The van der Waals surface area contributed by atoms with Gasteiger partial charge in [0.05, 0.1) is 30.2 Å². The highest BCUT2D eigenvalue weighted by Crippen LogP contribution is 2.25. The number of nitrogens with zero attached hydrogens (tertiary/aromatic N) is 2. The molecule has 3 aromatic rings. The molecule has 1 saturated heterocycles. The Balaban J connectivity index is 1.53. The fourth-order valence-electron chi connectivity index (χ4n) is 3.19. The molecular formula is C22H20N2O4.